The van der Waals surface area contributed by atoms with E-state index >= 15 is 0 Å². The molecule has 0 atom stereocenters. The van der Waals surface area contributed by atoms with Gasteiger partial charge in [0, 0.05) is 28.9 Å². The summed E-state index contributed by atoms with van der Waals surface area (Å²) in [6.07, 6.45) is 3.30. The van der Waals surface area contributed by atoms with Crippen LogP contribution in [0.5, 0.6) is 0 Å². The van der Waals surface area contributed by atoms with E-state index in [0.717, 1.165) is 5.56 Å². The third-order valence-corrected chi connectivity index (χ3v) is 4.53. The van der Waals surface area contributed by atoms with Gasteiger partial charge in [0.05, 0.1) is 6.54 Å². The quantitative estimate of drug-likeness (QED) is 0.502. The Morgan fingerprint density at radius 3 is 2.76 bits per heavy atom. The number of benzene rings is 1. The number of hydrogen-bond acceptors (Lipinski definition) is 5. The Balaban J connectivity index is 1.82. The average molecular weight is 372 g/mol. The van der Waals surface area contributed by atoms with Crippen LogP contribution in [0, 0.1) is 5.82 Å². The largest absolute Gasteiger partial charge is 0.245 e. The molecule has 124 valence electrons. The van der Waals surface area contributed by atoms with Crippen LogP contribution in [0.25, 0.3) is 22.2 Å². The zero-order valence-electron chi connectivity index (χ0n) is 12.8. The zero-order chi connectivity index (χ0) is 17.2. The number of pyridine rings is 1. The summed E-state index contributed by atoms with van der Waals surface area (Å²) in [4.78, 5) is 12.8. The van der Waals surface area contributed by atoms with Crippen molar-refractivity contribution in [2.45, 2.75) is 6.54 Å². The molecule has 0 unspecified atom stereocenters. The van der Waals surface area contributed by atoms with Gasteiger partial charge >= 0.3 is 0 Å². The van der Waals surface area contributed by atoms with Crippen molar-refractivity contribution in [1.82, 2.24) is 24.7 Å². The molecular weight excluding hydrogens is 361 g/mol. The van der Waals surface area contributed by atoms with Crippen LogP contribution in [0.4, 0.5) is 4.39 Å². The number of hydrogen-bond donors (Lipinski definition) is 0. The van der Waals surface area contributed by atoms with E-state index in [-0.39, 0.29) is 12.4 Å². The lowest BCUT2D eigenvalue weighted by atomic mass is 10.2. The molecular formula is C17H11ClFN5S. The highest BCUT2D eigenvalue weighted by molar-refractivity contribution is 7.13. The van der Waals surface area contributed by atoms with E-state index in [1.807, 2.05) is 5.38 Å². The number of rotatable bonds is 4. The van der Waals surface area contributed by atoms with Crippen LogP contribution >= 0.6 is 22.9 Å². The van der Waals surface area contributed by atoms with E-state index in [0.29, 0.717) is 27.4 Å². The van der Waals surface area contributed by atoms with Gasteiger partial charge in [0.2, 0.25) is 5.82 Å². The molecule has 8 heteroatoms. The Bertz CT molecular complexity index is 1020. The van der Waals surface area contributed by atoms with E-state index < -0.39 is 0 Å². The van der Waals surface area contributed by atoms with Crippen molar-refractivity contribution in [1.29, 1.82) is 0 Å². The Morgan fingerprint density at radius 1 is 1.12 bits per heavy atom. The fourth-order valence-corrected chi connectivity index (χ4v) is 3.16. The molecule has 0 fully saturated rings. The highest BCUT2D eigenvalue weighted by Crippen LogP contribution is 2.25. The van der Waals surface area contributed by atoms with Crippen LogP contribution in [0.15, 0.2) is 54.2 Å². The Morgan fingerprint density at radius 2 is 2.00 bits per heavy atom. The van der Waals surface area contributed by atoms with E-state index in [4.69, 9.17) is 11.6 Å². The highest BCUT2D eigenvalue weighted by Gasteiger charge is 2.16. The van der Waals surface area contributed by atoms with Gasteiger partial charge in [0.25, 0.3) is 0 Å². The van der Waals surface area contributed by atoms with Crippen LogP contribution in [0.3, 0.4) is 0 Å². The minimum absolute atomic E-state index is 0.250. The molecule has 0 spiro atoms. The second-order valence-electron chi connectivity index (χ2n) is 5.21. The molecule has 1 aromatic carbocycles. The monoisotopic (exact) mass is 371 g/mol. The van der Waals surface area contributed by atoms with Gasteiger partial charge in [-0.1, -0.05) is 29.8 Å². The molecule has 0 bridgehead atoms. The van der Waals surface area contributed by atoms with Crippen molar-refractivity contribution < 1.29 is 4.39 Å². The third-order valence-electron chi connectivity index (χ3n) is 3.56. The van der Waals surface area contributed by atoms with E-state index in [1.54, 1.807) is 47.4 Å². The maximum Gasteiger partial charge on any atom is 0.210 e. The summed E-state index contributed by atoms with van der Waals surface area (Å²) in [6.45, 7) is 0.250. The van der Waals surface area contributed by atoms with Crippen molar-refractivity contribution in [2.75, 3.05) is 0 Å². The maximum atomic E-state index is 14.1. The molecule has 0 aliphatic rings. The molecule has 0 aliphatic heterocycles. The summed E-state index contributed by atoms with van der Waals surface area (Å²) in [6, 6.07) is 10.1. The fraction of sp³-hybridized carbons (Fsp3) is 0.0588. The highest BCUT2D eigenvalue weighted by atomic mass is 35.5. The summed E-state index contributed by atoms with van der Waals surface area (Å²) in [5, 5.41) is 7.43. The normalized spacial score (nSPS) is 11.0. The van der Waals surface area contributed by atoms with Gasteiger partial charge < -0.3 is 0 Å². The third kappa shape index (κ3) is 3.29. The number of halogens is 2. The van der Waals surface area contributed by atoms with Crippen LogP contribution < -0.4 is 0 Å². The standard InChI is InChI=1S/C17H11ClFN5S/c18-14-9-11(5-6-20-14)16-22-15(17-21-7-8-25-17)23-24(16)10-12-3-1-2-4-13(12)19/h1-9H,10H2. The Hall–Kier alpha value is -2.64. The average Bonchev–Trinajstić information content (AvgIpc) is 3.26. The molecule has 0 saturated heterocycles. The Kier molecular flexibility index (Phi) is 4.25. The van der Waals surface area contributed by atoms with Crippen molar-refractivity contribution >= 4 is 22.9 Å². The summed E-state index contributed by atoms with van der Waals surface area (Å²) in [7, 11) is 0. The summed E-state index contributed by atoms with van der Waals surface area (Å²) in [5.41, 5.74) is 1.28. The molecule has 0 radical (unpaired) electrons. The molecule has 4 rings (SSSR count). The minimum atomic E-state index is -0.285. The maximum absolute atomic E-state index is 14.1. The smallest absolute Gasteiger partial charge is 0.210 e. The van der Waals surface area contributed by atoms with Crippen molar-refractivity contribution in [3.8, 4) is 22.2 Å². The second kappa shape index (κ2) is 6.70. The van der Waals surface area contributed by atoms with Gasteiger partial charge in [-0.15, -0.1) is 16.4 Å². The first-order valence-electron chi connectivity index (χ1n) is 7.41. The Labute approximate surface area is 151 Å². The molecule has 0 N–H and O–H groups in total. The van der Waals surface area contributed by atoms with Gasteiger partial charge in [-0.05, 0) is 18.2 Å². The van der Waals surface area contributed by atoms with Crippen molar-refractivity contribution in [2.24, 2.45) is 0 Å². The first-order valence-corrected chi connectivity index (χ1v) is 8.66. The van der Waals surface area contributed by atoms with Crippen LogP contribution in [0.2, 0.25) is 5.15 Å². The fourth-order valence-electron chi connectivity index (χ4n) is 2.42. The molecule has 4 aromatic rings. The van der Waals surface area contributed by atoms with Crippen molar-refractivity contribution in [3.05, 3.63) is 70.7 Å². The SMILES string of the molecule is Fc1ccccc1Cn1nc(-c2nccs2)nc1-c1ccnc(Cl)c1. The molecule has 3 aromatic heterocycles. The van der Waals surface area contributed by atoms with Gasteiger partial charge in [0.1, 0.15) is 11.0 Å². The lowest BCUT2D eigenvalue weighted by molar-refractivity contribution is 0.587. The van der Waals surface area contributed by atoms with E-state index in [1.165, 1.54) is 17.4 Å². The lowest BCUT2D eigenvalue weighted by Gasteiger charge is -2.07. The summed E-state index contributed by atoms with van der Waals surface area (Å²) >= 11 is 7.44. The lowest BCUT2D eigenvalue weighted by Crippen LogP contribution is -2.06. The summed E-state index contributed by atoms with van der Waals surface area (Å²) in [5.74, 6) is 0.791. The van der Waals surface area contributed by atoms with Gasteiger partial charge in [0.15, 0.2) is 10.8 Å². The van der Waals surface area contributed by atoms with Crippen LogP contribution in [0.1, 0.15) is 5.56 Å². The van der Waals surface area contributed by atoms with Gasteiger partial charge in [-0.25, -0.2) is 24.0 Å². The number of aromatic nitrogens is 5. The van der Waals surface area contributed by atoms with Gasteiger partial charge in [-0.3, -0.25) is 0 Å². The first-order chi connectivity index (χ1) is 12.2. The van der Waals surface area contributed by atoms with Crippen LogP contribution in [-0.2, 0) is 6.54 Å². The van der Waals surface area contributed by atoms with Gasteiger partial charge in [-0.2, -0.15) is 0 Å². The molecule has 25 heavy (non-hydrogen) atoms. The molecule has 5 nitrogen and oxygen atoms in total. The zero-order valence-corrected chi connectivity index (χ0v) is 14.4. The number of thiazole rings is 1. The summed E-state index contributed by atoms with van der Waals surface area (Å²) < 4.78 is 15.7. The predicted molar refractivity (Wildman–Crippen MR) is 94.9 cm³/mol. The molecule has 3 heterocycles. The van der Waals surface area contributed by atoms with Crippen molar-refractivity contribution in [3.63, 3.8) is 0 Å². The minimum Gasteiger partial charge on any atom is -0.245 e. The predicted octanol–water partition coefficient (Wildman–Crippen LogP) is 4.30. The second-order valence-corrected chi connectivity index (χ2v) is 6.49. The van der Waals surface area contributed by atoms with E-state index in [2.05, 4.69) is 20.1 Å². The topological polar surface area (TPSA) is 56.5 Å². The first kappa shape index (κ1) is 15.9. The van der Waals surface area contributed by atoms with Crippen LogP contribution in [-0.4, -0.2) is 24.7 Å². The molecule has 0 amide bonds. The molecule has 0 saturated carbocycles. The number of nitrogens with zero attached hydrogens (tertiary/aromatic N) is 5. The molecule has 0 aliphatic carbocycles. The van der Waals surface area contributed by atoms with E-state index in [9.17, 15) is 4.39 Å².